The average molecular weight is 293 g/mol. The Labute approximate surface area is 121 Å². The van der Waals surface area contributed by atoms with Gasteiger partial charge in [0.1, 0.15) is 0 Å². The summed E-state index contributed by atoms with van der Waals surface area (Å²) in [6.45, 7) is 2.06. The van der Waals surface area contributed by atoms with E-state index in [0.29, 0.717) is 10.6 Å². The van der Waals surface area contributed by atoms with Gasteiger partial charge in [-0.15, -0.1) is 0 Å². The highest BCUT2D eigenvalue weighted by atomic mass is 35.5. The molecule has 0 aliphatic rings. The fraction of sp³-hybridized carbons (Fsp3) is 0.0714. The molecular formula is C14H13ClN2OS. The van der Waals surface area contributed by atoms with Gasteiger partial charge >= 0.3 is 0 Å². The molecule has 3 nitrogen and oxygen atoms in total. The second-order valence-corrected chi connectivity index (χ2v) is 5.52. The van der Waals surface area contributed by atoms with Crippen molar-refractivity contribution >= 4 is 29.2 Å². The summed E-state index contributed by atoms with van der Waals surface area (Å²) < 4.78 is 0. The van der Waals surface area contributed by atoms with Gasteiger partial charge in [-0.25, -0.2) is 0 Å². The van der Waals surface area contributed by atoms with E-state index in [0.717, 1.165) is 4.90 Å². The monoisotopic (exact) mass is 292 g/mol. The van der Waals surface area contributed by atoms with Gasteiger partial charge in [0.05, 0.1) is 5.02 Å². The number of benzene rings is 2. The van der Waals surface area contributed by atoms with Crippen LogP contribution in [0.5, 0.6) is 0 Å². The molecule has 2 aromatic carbocycles. The zero-order valence-electron chi connectivity index (χ0n) is 10.3. The number of halogens is 1. The lowest BCUT2D eigenvalue weighted by molar-refractivity contribution is 0.318. The number of hydrogen-bond donors (Lipinski definition) is 2. The third kappa shape index (κ3) is 3.22. The first kappa shape index (κ1) is 13.8. The molecule has 5 heteroatoms. The number of nitrogens with zero attached hydrogens (tertiary/aromatic N) is 1. The SMILES string of the molecule is Cc1ccccc1Sc1ccc(C(N)=NO)c(Cl)c1. The van der Waals surface area contributed by atoms with Crippen LogP contribution >= 0.6 is 23.4 Å². The second kappa shape index (κ2) is 5.99. The number of nitrogens with two attached hydrogens (primary N) is 1. The highest BCUT2D eigenvalue weighted by Gasteiger charge is 2.07. The van der Waals surface area contributed by atoms with Gasteiger partial charge in [-0.1, -0.05) is 46.7 Å². The standard InChI is InChI=1S/C14H13ClN2OS/c1-9-4-2-3-5-13(9)19-10-6-7-11(12(15)8-10)14(16)17-18/h2-8,18H,1H3,(H2,16,17). The van der Waals surface area contributed by atoms with Gasteiger partial charge in [0.15, 0.2) is 5.84 Å². The summed E-state index contributed by atoms with van der Waals surface area (Å²) in [4.78, 5) is 2.18. The molecule has 2 aromatic rings. The molecule has 0 radical (unpaired) electrons. The Morgan fingerprint density at radius 1 is 1.26 bits per heavy atom. The molecule has 2 rings (SSSR count). The molecular weight excluding hydrogens is 280 g/mol. The van der Waals surface area contributed by atoms with Crippen LogP contribution in [0.3, 0.4) is 0 Å². The summed E-state index contributed by atoms with van der Waals surface area (Å²) in [7, 11) is 0. The zero-order valence-corrected chi connectivity index (χ0v) is 11.9. The molecule has 19 heavy (non-hydrogen) atoms. The van der Waals surface area contributed by atoms with E-state index < -0.39 is 0 Å². The van der Waals surface area contributed by atoms with Gasteiger partial charge in [-0.2, -0.15) is 0 Å². The molecule has 0 bridgehead atoms. The first-order valence-electron chi connectivity index (χ1n) is 5.62. The van der Waals surface area contributed by atoms with Crippen LogP contribution in [-0.2, 0) is 0 Å². The van der Waals surface area contributed by atoms with E-state index >= 15 is 0 Å². The second-order valence-electron chi connectivity index (χ2n) is 3.99. The smallest absolute Gasteiger partial charge is 0.171 e. The van der Waals surface area contributed by atoms with Crippen LogP contribution < -0.4 is 5.73 Å². The van der Waals surface area contributed by atoms with E-state index in [9.17, 15) is 0 Å². The van der Waals surface area contributed by atoms with E-state index in [4.69, 9.17) is 22.5 Å². The Morgan fingerprint density at radius 2 is 2.00 bits per heavy atom. The maximum Gasteiger partial charge on any atom is 0.171 e. The van der Waals surface area contributed by atoms with Crippen molar-refractivity contribution < 1.29 is 5.21 Å². The van der Waals surface area contributed by atoms with E-state index in [-0.39, 0.29) is 5.84 Å². The minimum atomic E-state index is 0.0115. The van der Waals surface area contributed by atoms with Gasteiger partial charge in [-0.05, 0) is 36.8 Å². The van der Waals surface area contributed by atoms with Crippen LogP contribution in [0.1, 0.15) is 11.1 Å². The number of oxime groups is 1. The minimum absolute atomic E-state index is 0.0115. The van der Waals surface area contributed by atoms with Crippen molar-refractivity contribution in [2.75, 3.05) is 0 Å². The summed E-state index contributed by atoms with van der Waals surface area (Å²) in [6, 6.07) is 13.6. The Hall–Kier alpha value is -1.65. The predicted octanol–water partition coefficient (Wildman–Crippen LogP) is 3.89. The molecule has 0 aliphatic heterocycles. The Bertz CT molecular complexity index is 629. The minimum Gasteiger partial charge on any atom is -0.409 e. The summed E-state index contributed by atoms with van der Waals surface area (Å²) in [6.07, 6.45) is 0. The fourth-order valence-electron chi connectivity index (χ4n) is 1.62. The number of amidine groups is 1. The number of hydrogen-bond acceptors (Lipinski definition) is 3. The topological polar surface area (TPSA) is 58.6 Å². The maximum atomic E-state index is 8.65. The number of aryl methyl sites for hydroxylation is 1. The fourth-order valence-corrected chi connectivity index (χ4v) is 2.90. The van der Waals surface area contributed by atoms with Crippen LogP contribution in [-0.4, -0.2) is 11.0 Å². The molecule has 98 valence electrons. The molecule has 0 aliphatic carbocycles. The molecule has 3 N–H and O–H groups in total. The molecule has 0 saturated carbocycles. The Balaban J connectivity index is 2.29. The quantitative estimate of drug-likeness (QED) is 0.390. The van der Waals surface area contributed by atoms with Crippen LogP contribution in [0, 0.1) is 6.92 Å². The Morgan fingerprint density at radius 3 is 2.63 bits per heavy atom. The molecule has 0 heterocycles. The third-order valence-electron chi connectivity index (χ3n) is 2.65. The molecule has 0 unspecified atom stereocenters. The summed E-state index contributed by atoms with van der Waals surface area (Å²) in [5.74, 6) is 0.0115. The van der Waals surface area contributed by atoms with Gasteiger partial charge in [0.25, 0.3) is 0 Å². The maximum absolute atomic E-state index is 8.65. The lowest BCUT2D eigenvalue weighted by Gasteiger charge is -2.07. The zero-order chi connectivity index (χ0) is 13.8. The summed E-state index contributed by atoms with van der Waals surface area (Å²) in [5.41, 5.74) is 7.27. The van der Waals surface area contributed by atoms with Gasteiger partial charge in [0, 0.05) is 15.4 Å². The molecule has 0 saturated heterocycles. The van der Waals surface area contributed by atoms with E-state index in [1.54, 1.807) is 17.8 Å². The molecule has 0 amide bonds. The van der Waals surface area contributed by atoms with Crippen LogP contribution in [0.2, 0.25) is 5.02 Å². The van der Waals surface area contributed by atoms with Gasteiger partial charge in [-0.3, -0.25) is 0 Å². The normalized spacial score (nSPS) is 11.6. The van der Waals surface area contributed by atoms with Crippen LogP contribution in [0.4, 0.5) is 0 Å². The van der Waals surface area contributed by atoms with Crippen molar-refractivity contribution in [3.05, 3.63) is 58.6 Å². The molecule has 0 spiro atoms. The van der Waals surface area contributed by atoms with E-state index in [1.165, 1.54) is 10.5 Å². The van der Waals surface area contributed by atoms with Crippen molar-refractivity contribution in [3.63, 3.8) is 0 Å². The van der Waals surface area contributed by atoms with E-state index in [2.05, 4.69) is 24.2 Å². The van der Waals surface area contributed by atoms with Gasteiger partial charge in [0.2, 0.25) is 0 Å². The largest absolute Gasteiger partial charge is 0.409 e. The molecule has 0 aromatic heterocycles. The highest BCUT2D eigenvalue weighted by molar-refractivity contribution is 7.99. The van der Waals surface area contributed by atoms with Crippen LogP contribution in [0.25, 0.3) is 0 Å². The average Bonchev–Trinajstić information content (AvgIpc) is 2.41. The first-order valence-corrected chi connectivity index (χ1v) is 6.82. The van der Waals surface area contributed by atoms with Crippen molar-refractivity contribution in [1.29, 1.82) is 0 Å². The first-order chi connectivity index (χ1) is 9.11. The predicted molar refractivity (Wildman–Crippen MR) is 79.3 cm³/mol. The highest BCUT2D eigenvalue weighted by Crippen LogP contribution is 2.32. The number of rotatable bonds is 3. The summed E-state index contributed by atoms with van der Waals surface area (Å²) in [5, 5.41) is 12.1. The molecule has 0 atom stereocenters. The third-order valence-corrected chi connectivity index (χ3v) is 4.13. The van der Waals surface area contributed by atoms with Crippen molar-refractivity contribution in [2.45, 2.75) is 16.7 Å². The van der Waals surface area contributed by atoms with E-state index in [1.807, 2.05) is 24.3 Å². The Kier molecular flexibility index (Phi) is 4.35. The van der Waals surface area contributed by atoms with Crippen molar-refractivity contribution in [1.82, 2.24) is 0 Å². The summed E-state index contributed by atoms with van der Waals surface area (Å²) >= 11 is 7.75. The van der Waals surface area contributed by atoms with Crippen molar-refractivity contribution in [2.24, 2.45) is 10.9 Å². The van der Waals surface area contributed by atoms with Crippen LogP contribution in [0.15, 0.2) is 57.4 Å². The van der Waals surface area contributed by atoms with Gasteiger partial charge < -0.3 is 10.9 Å². The van der Waals surface area contributed by atoms with Crippen molar-refractivity contribution in [3.8, 4) is 0 Å². The lowest BCUT2D eigenvalue weighted by Crippen LogP contribution is -2.13. The lowest BCUT2D eigenvalue weighted by atomic mass is 10.2. The molecule has 0 fully saturated rings.